The molecule has 0 amide bonds. The van der Waals surface area contributed by atoms with Crippen molar-refractivity contribution in [3.8, 4) is 0 Å². The lowest BCUT2D eigenvalue weighted by Gasteiger charge is -2.38. The van der Waals surface area contributed by atoms with Crippen molar-refractivity contribution >= 4 is 0 Å². The predicted octanol–water partition coefficient (Wildman–Crippen LogP) is 9.30. The van der Waals surface area contributed by atoms with Crippen molar-refractivity contribution in [1.82, 2.24) is 0 Å². The topological polar surface area (TPSA) is 9.23 Å². The van der Waals surface area contributed by atoms with Gasteiger partial charge in [0.15, 0.2) is 11.6 Å². The van der Waals surface area contributed by atoms with Gasteiger partial charge in [0, 0.05) is 0 Å². The first kappa shape index (κ1) is 25.1. The van der Waals surface area contributed by atoms with Gasteiger partial charge in [0.25, 0.3) is 0 Å². The van der Waals surface area contributed by atoms with Crippen LogP contribution in [-0.4, -0.2) is 12.7 Å². The van der Waals surface area contributed by atoms with E-state index in [9.17, 15) is 0 Å². The van der Waals surface area contributed by atoms with Crippen molar-refractivity contribution in [1.29, 1.82) is 0 Å². The molecule has 0 aromatic heterocycles. The minimum absolute atomic E-state index is 0.173. The van der Waals surface area contributed by atoms with Crippen LogP contribution in [0.15, 0.2) is 12.1 Å². The fourth-order valence-electron chi connectivity index (χ4n) is 7.04. The van der Waals surface area contributed by atoms with E-state index in [4.69, 9.17) is 4.74 Å². The largest absolute Gasteiger partial charge is 0.378 e. The summed E-state index contributed by atoms with van der Waals surface area (Å²) in [6.45, 7) is 5.40. The summed E-state index contributed by atoms with van der Waals surface area (Å²) < 4.78 is 36.5. The third kappa shape index (κ3) is 6.19. The van der Waals surface area contributed by atoms with Crippen molar-refractivity contribution in [2.24, 2.45) is 17.8 Å². The zero-order valence-corrected chi connectivity index (χ0v) is 21.1. The van der Waals surface area contributed by atoms with Crippen LogP contribution >= 0.6 is 0 Å². The van der Waals surface area contributed by atoms with Gasteiger partial charge in [-0.1, -0.05) is 51.7 Å². The Balaban J connectivity index is 1.28. The Kier molecular flexibility index (Phi) is 9.25. The lowest BCUT2D eigenvalue weighted by atomic mass is 9.71. The fourth-order valence-corrected chi connectivity index (χ4v) is 7.04. The van der Waals surface area contributed by atoms with Crippen LogP contribution in [0.1, 0.15) is 133 Å². The molecule has 0 N–H and O–H groups in total. The van der Waals surface area contributed by atoms with E-state index in [-0.39, 0.29) is 11.8 Å². The highest BCUT2D eigenvalue weighted by Crippen LogP contribution is 2.44. The maximum atomic E-state index is 15.2. The lowest BCUT2D eigenvalue weighted by Crippen LogP contribution is -2.32. The monoisotopic (exact) mass is 460 g/mol. The Morgan fingerprint density at radius 3 is 1.82 bits per heavy atom. The van der Waals surface area contributed by atoms with Crippen molar-refractivity contribution < 1.29 is 13.5 Å². The van der Waals surface area contributed by atoms with Crippen LogP contribution in [0.3, 0.4) is 0 Å². The standard InChI is InChI=1S/C30H46F2O/c1-3-5-6-7-26-17-16-25(20-33-26)22-12-14-24(15-13-22)28-19-18-27(29(31)30(28)32)23-10-8-21(4-2)9-11-23/h18-19,21-26H,3-17,20H2,1-2H3. The smallest absolute Gasteiger partial charge is 0.162 e. The number of hydrogen-bond donors (Lipinski definition) is 0. The highest BCUT2D eigenvalue weighted by atomic mass is 19.2. The van der Waals surface area contributed by atoms with Crippen LogP contribution < -0.4 is 0 Å². The zero-order valence-electron chi connectivity index (χ0n) is 21.1. The molecule has 2 saturated carbocycles. The van der Waals surface area contributed by atoms with Gasteiger partial charge in [-0.2, -0.15) is 0 Å². The summed E-state index contributed by atoms with van der Waals surface area (Å²) in [5.41, 5.74) is 1.26. The SMILES string of the molecule is CCCCCC1CCC(C2CCC(c3ccc(C4CCC(CC)CC4)c(F)c3F)CC2)CO1. The normalized spacial score (nSPS) is 33.2. The molecule has 0 bridgehead atoms. The highest BCUT2D eigenvalue weighted by Gasteiger charge is 2.33. The second-order valence-corrected chi connectivity index (χ2v) is 11.4. The molecule has 1 aliphatic heterocycles. The molecule has 1 heterocycles. The molecule has 186 valence electrons. The van der Waals surface area contributed by atoms with Crippen LogP contribution in [-0.2, 0) is 4.74 Å². The predicted molar refractivity (Wildman–Crippen MR) is 133 cm³/mol. The van der Waals surface area contributed by atoms with E-state index in [2.05, 4.69) is 13.8 Å². The third-order valence-corrected chi connectivity index (χ3v) is 9.42. The molecule has 3 fully saturated rings. The van der Waals surface area contributed by atoms with Crippen molar-refractivity contribution in [3.05, 3.63) is 34.9 Å². The van der Waals surface area contributed by atoms with Crippen LogP contribution in [0.25, 0.3) is 0 Å². The van der Waals surface area contributed by atoms with Crippen LogP contribution in [0.2, 0.25) is 0 Å². The Hall–Kier alpha value is -0.960. The van der Waals surface area contributed by atoms with E-state index in [1.807, 2.05) is 12.1 Å². The first-order valence-electron chi connectivity index (χ1n) is 14.2. The second-order valence-electron chi connectivity index (χ2n) is 11.4. The molecule has 3 heteroatoms. The van der Waals surface area contributed by atoms with Gasteiger partial charge in [-0.15, -0.1) is 0 Å². The van der Waals surface area contributed by atoms with Crippen molar-refractivity contribution in [2.75, 3.05) is 6.61 Å². The molecule has 1 saturated heterocycles. The van der Waals surface area contributed by atoms with E-state index in [0.717, 1.165) is 63.9 Å². The van der Waals surface area contributed by atoms with Crippen LogP contribution in [0.4, 0.5) is 8.78 Å². The maximum Gasteiger partial charge on any atom is 0.162 e. The van der Waals surface area contributed by atoms with Crippen LogP contribution in [0.5, 0.6) is 0 Å². The quantitative estimate of drug-likeness (QED) is 0.351. The van der Waals surface area contributed by atoms with E-state index >= 15 is 8.78 Å². The minimum Gasteiger partial charge on any atom is -0.378 e. The lowest BCUT2D eigenvalue weighted by molar-refractivity contribution is -0.0415. The molecule has 1 aromatic rings. The zero-order chi connectivity index (χ0) is 23.2. The summed E-state index contributed by atoms with van der Waals surface area (Å²) in [7, 11) is 0. The highest BCUT2D eigenvalue weighted by molar-refractivity contribution is 5.32. The van der Waals surface area contributed by atoms with Gasteiger partial charge in [0.2, 0.25) is 0 Å². The Morgan fingerprint density at radius 2 is 1.30 bits per heavy atom. The molecule has 4 rings (SSSR count). The van der Waals surface area contributed by atoms with E-state index < -0.39 is 11.6 Å². The average Bonchev–Trinajstić information content (AvgIpc) is 2.86. The molecule has 33 heavy (non-hydrogen) atoms. The molecule has 2 unspecified atom stereocenters. The van der Waals surface area contributed by atoms with Gasteiger partial charge in [0.1, 0.15) is 0 Å². The van der Waals surface area contributed by atoms with Gasteiger partial charge in [-0.05, 0) is 111 Å². The van der Waals surface area contributed by atoms with Gasteiger partial charge in [0.05, 0.1) is 12.7 Å². The molecular weight excluding hydrogens is 414 g/mol. The number of ether oxygens (including phenoxy) is 1. The first-order valence-corrected chi connectivity index (χ1v) is 14.2. The summed E-state index contributed by atoms with van der Waals surface area (Å²) in [6.07, 6.45) is 17.8. The van der Waals surface area contributed by atoms with Crippen LogP contribution in [0, 0.1) is 29.4 Å². The fraction of sp³-hybridized carbons (Fsp3) is 0.800. The number of halogens is 2. The van der Waals surface area contributed by atoms with Crippen molar-refractivity contribution in [3.63, 3.8) is 0 Å². The van der Waals surface area contributed by atoms with Gasteiger partial charge < -0.3 is 4.74 Å². The Morgan fingerprint density at radius 1 is 0.727 bits per heavy atom. The summed E-state index contributed by atoms with van der Waals surface area (Å²) >= 11 is 0. The molecule has 2 aliphatic carbocycles. The summed E-state index contributed by atoms with van der Waals surface area (Å²) in [5, 5.41) is 0. The molecule has 2 atom stereocenters. The maximum absolute atomic E-state index is 15.2. The summed E-state index contributed by atoms with van der Waals surface area (Å²) in [6, 6.07) is 3.85. The molecule has 1 aromatic carbocycles. The number of unbranched alkanes of at least 4 members (excludes halogenated alkanes) is 2. The molecule has 0 radical (unpaired) electrons. The van der Waals surface area contributed by atoms with Gasteiger partial charge in [-0.25, -0.2) is 8.78 Å². The van der Waals surface area contributed by atoms with E-state index in [1.165, 1.54) is 44.9 Å². The molecule has 0 spiro atoms. The van der Waals surface area contributed by atoms with Gasteiger partial charge in [-0.3, -0.25) is 0 Å². The molecule has 3 aliphatic rings. The Labute approximate surface area is 201 Å². The minimum atomic E-state index is -0.552. The molecular formula is C30H46F2O. The second kappa shape index (κ2) is 12.1. The van der Waals surface area contributed by atoms with E-state index in [1.54, 1.807) is 0 Å². The Bertz CT molecular complexity index is 723. The number of hydrogen-bond acceptors (Lipinski definition) is 1. The summed E-state index contributed by atoms with van der Waals surface area (Å²) in [5.74, 6) is 1.39. The molecule has 1 nitrogen and oxygen atoms in total. The average molecular weight is 461 g/mol. The number of rotatable bonds is 8. The number of benzene rings is 1. The summed E-state index contributed by atoms with van der Waals surface area (Å²) in [4.78, 5) is 0. The van der Waals surface area contributed by atoms with Crippen molar-refractivity contribution in [2.45, 2.75) is 128 Å². The third-order valence-electron chi connectivity index (χ3n) is 9.42. The van der Waals surface area contributed by atoms with E-state index in [0.29, 0.717) is 29.1 Å². The first-order chi connectivity index (χ1) is 16.1. The van der Waals surface area contributed by atoms with Gasteiger partial charge >= 0.3 is 0 Å².